The van der Waals surface area contributed by atoms with Gasteiger partial charge in [0.25, 0.3) is 5.91 Å². The molecule has 0 unspecified atom stereocenters. The Morgan fingerprint density at radius 3 is 2.49 bits per heavy atom. The number of carbonyl (C=O) groups is 1. The van der Waals surface area contributed by atoms with Crippen molar-refractivity contribution in [2.24, 2.45) is 0 Å². The Morgan fingerprint density at radius 2 is 1.63 bits per heavy atom. The number of H-pyrrole nitrogens is 1. The number of hydrogen-bond donors (Lipinski definition) is 3. The van der Waals surface area contributed by atoms with E-state index in [0.717, 1.165) is 33.5 Å². The predicted molar refractivity (Wildman–Crippen MR) is 142 cm³/mol. The van der Waals surface area contributed by atoms with Crippen LogP contribution < -0.4 is 15.4 Å². The molecule has 0 spiro atoms. The summed E-state index contributed by atoms with van der Waals surface area (Å²) in [6.07, 6.45) is 4.06. The van der Waals surface area contributed by atoms with Crippen molar-refractivity contribution in [2.45, 2.75) is 0 Å². The lowest BCUT2D eigenvalue weighted by atomic mass is 10.1. The van der Waals surface area contributed by atoms with Crippen LogP contribution in [-0.2, 0) is 0 Å². The van der Waals surface area contributed by atoms with Gasteiger partial charge >= 0.3 is 0 Å². The summed E-state index contributed by atoms with van der Waals surface area (Å²) in [5, 5.41) is 14.9. The third-order valence-electron chi connectivity index (χ3n) is 5.57. The van der Waals surface area contributed by atoms with Crippen LogP contribution in [0.3, 0.4) is 0 Å². The maximum atomic E-state index is 12.6. The number of anilines is 3. The van der Waals surface area contributed by atoms with Crippen LogP contribution >= 0.6 is 0 Å². The van der Waals surface area contributed by atoms with Gasteiger partial charge in [-0.3, -0.25) is 9.89 Å². The summed E-state index contributed by atoms with van der Waals surface area (Å²) in [5.41, 5.74) is 5.94. The molecule has 5 rings (SSSR count). The van der Waals surface area contributed by atoms with E-state index in [1.165, 1.54) is 0 Å². The standard InChI is InChI=1S/C29H24N4O2/c1-35-25-12-5-9-21(17-25)29(34)31-23-11-6-10-22(18-23)30-24-14-15-26-27(32-33-28(26)19-24)16-13-20-7-3-2-4-8-20/h2-19,30H,1H3,(H,31,34)(H,32,33)/b16-13+. The Hall–Kier alpha value is -4.84. The number of ether oxygens (including phenoxy) is 1. The zero-order chi connectivity index (χ0) is 24.0. The molecule has 35 heavy (non-hydrogen) atoms. The minimum Gasteiger partial charge on any atom is -0.497 e. The molecule has 0 saturated heterocycles. The number of aromatic nitrogens is 2. The molecule has 5 aromatic rings. The van der Waals surface area contributed by atoms with Gasteiger partial charge in [-0.05, 0) is 66.2 Å². The van der Waals surface area contributed by atoms with Gasteiger partial charge in [-0.1, -0.05) is 48.5 Å². The van der Waals surface area contributed by atoms with Crippen LogP contribution in [0.2, 0.25) is 0 Å². The number of hydrogen-bond acceptors (Lipinski definition) is 4. The molecule has 1 heterocycles. The minimum absolute atomic E-state index is 0.198. The molecule has 0 bridgehead atoms. The van der Waals surface area contributed by atoms with Crippen LogP contribution in [0.5, 0.6) is 5.75 Å². The van der Waals surface area contributed by atoms with Crippen molar-refractivity contribution in [2.75, 3.05) is 17.7 Å². The number of rotatable bonds is 7. The SMILES string of the molecule is COc1cccc(C(=O)Nc2cccc(Nc3ccc4c(/C=C/c5ccccc5)n[nH]c4c3)c2)c1. The molecule has 1 aromatic heterocycles. The Balaban J connectivity index is 1.30. The quantitative estimate of drug-likeness (QED) is 0.251. The van der Waals surface area contributed by atoms with Gasteiger partial charge in [0.2, 0.25) is 0 Å². The molecule has 0 saturated carbocycles. The van der Waals surface area contributed by atoms with Crippen molar-refractivity contribution >= 4 is 46.0 Å². The molecule has 0 aliphatic carbocycles. The number of benzene rings is 4. The summed E-state index contributed by atoms with van der Waals surface area (Å²) in [7, 11) is 1.58. The van der Waals surface area contributed by atoms with E-state index in [0.29, 0.717) is 17.0 Å². The van der Waals surface area contributed by atoms with Gasteiger partial charge < -0.3 is 15.4 Å². The fourth-order valence-electron chi connectivity index (χ4n) is 3.79. The number of nitrogens with zero attached hydrogens (tertiary/aromatic N) is 1. The fourth-order valence-corrected chi connectivity index (χ4v) is 3.79. The predicted octanol–water partition coefficient (Wildman–Crippen LogP) is 6.74. The lowest BCUT2D eigenvalue weighted by Gasteiger charge is -2.10. The molecular formula is C29H24N4O2. The summed E-state index contributed by atoms with van der Waals surface area (Å²) in [5.74, 6) is 0.442. The van der Waals surface area contributed by atoms with Gasteiger partial charge in [0.1, 0.15) is 5.75 Å². The van der Waals surface area contributed by atoms with E-state index in [1.807, 2.05) is 72.8 Å². The number of methoxy groups -OCH3 is 1. The highest BCUT2D eigenvalue weighted by atomic mass is 16.5. The maximum absolute atomic E-state index is 12.6. The van der Waals surface area contributed by atoms with Crippen molar-refractivity contribution in [3.63, 3.8) is 0 Å². The fraction of sp³-hybridized carbons (Fsp3) is 0.0345. The molecule has 3 N–H and O–H groups in total. The van der Waals surface area contributed by atoms with Gasteiger partial charge in [0, 0.05) is 28.0 Å². The average molecular weight is 461 g/mol. The van der Waals surface area contributed by atoms with Crippen LogP contribution in [0, 0.1) is 0 Å². The van der Waals surface area contributed by atoms with Crippen LogP contribution in [0.25, 0.3) is 23.1 Å². The topological polar surface area (TPSA) is 79.0 Å². The van der Waals surface area contributed by atoms with Crippen molar-refractivity contribution in [3.8, 4) is 5.75 Å². The van der Waals surface area contributed by atoms with Crippen LogP contribution in [-0.4, -0.2) is 23.2 Å². The van der Waals surface area contributed by atoms with E-state index in [1.54, 1.807) is 31.4 Å². The van der Waals surface area contributed by atoms with Gasteiger partial charge in [-0.25, -0.2) is 0 Å². The minimum atomic E-state index is -0.198. The van der Waals surface area contributed by atoms with E-state index in [2.05, 4.69) is 33.0 Å². The second-order valence-electron chi connectivity index (χ2n) is 8.01. The highest BCUT2D eigenvalue weighted by Crippen LogP contribution is 2.26. The molecule has 0 aliphatic rings. The largest absolute Gasteiger partial charge is 0.497 e. The summed E-state index contributed by atoms with van der Waals surface area (Å²) in [6, 6.07) is 30.9. The van der Waals surface area contributed by atoms with E-state index in [4.69, 9.17) is 4.74 Å². The lowest BCUT2D eigenvalue weighted by Crippen LogP contribution is -2.12. The molecule has 172 valence electrons. The molecule has 0 atom stereocenters. The monoisotopic (exact) mass is 460 g/mol. The number of fused-ring (bicyclic) bond motifs is 1. The second-order valence-corrected chi connectivity index (χ2v) is 8.01. The van der Waals surface area contributed by atoms with Crippen molar-refractivity contribution in [1.82, 2.24) is 10.2 Å². The summed E-state index contributed by atoms with van der Waals surface area (Å²) < 4.78 is 5.21. The molecule has 6 heteroatoms. The summed E-state index contributed by atoms with van der Waals surface area (Å²) >= 11 is 0. The third-order valence-corrected chi connectivity index (χ3v) is 5.57. The third kappa shape index (κ3) is 5.23. The van der Waals surface area contributed by atoms with E-state index >= 15 is 0 Å². The average Bonchev–Trinajstić information content (AvgIpc) is 3.30. The lowest BCUT2D eigenvalue weighted by molar-refractivity contribution is 0.102. The zero-order valence-electron chi connectivity index (χ0n) is 19.2. The molecule has 0 fully saturated rings. The summed E-state index contributed by atoms with van der Waals surface area (Å²) in [4.78, 5) is 12.6. The highest BCUT2D eigenvalue weighted by Gasteiger charge is 2.08. The van der Waals surface area contributed by atoms with E-state index in [-0.39, 0.29) is 5.91 Å². The van der Waals surface area contributed by atoms with E-state index < -0.39 is 0 Å². The molecule has 6 nitrogen and oxygen atoms in total. The van der Waals surface area contributed by atoms with Crippen molar-refractivity contribution < 1.29 is 9.53 Å². The Morgan fingerprint density at radius 1 is 0.829 bits per heavy atom. The zero-order valence-corrected chi connectivity index (χ0v) is 19.2. The Bertz CT molecular complexity index is 1510. The van der Waals surface area contributed by atoms with Crippen molar-refractivity contribution in [3.05, 3.63) is 114 Å². The molecule has 0 aliphatic heterocycles. The van der Waals surface area contributed by atoms with Crippen molar-refractivity contribution in [1.29, 1.82) is 0 Å². The second kappa shape index (κ2) is 9.97. The molecule has 1 amide bonds. The molecule has 4 aromatic carbocycles. The van der Waals surface area contributed by atoms with E-state index in [9.17, 15) is 4.79 Å². The maximum Gasteiger partial charge on any atom is 0.255 e. The number of amides is 1. The first-order valence-electron chi connectivity index (χ1n) is 11.2. The summed E-state index contributed by atoms with van der Waals surface area (Å²) in [6.45, 7) is 0. The molecule has 0 radical (unpaired) electrons. The van der Waals surface area contributed by atoms with Crippen LogP contribution in [0.1, 0.15) is 21.6 Å². The normalized spacial score (nSPS) is 11.0. The van der Waals surface area contributed by atoms with Gasteiger partial charge in [0.05, 0.1) is 18.3 Å². The first-order chi connectivity index (χ1) is 17.2. The Kier molecular flexibility index (Phi) is 6.26. The van der Waals surface area contributed by atoms with Gasteiger partial charge in [-0.2, -0.15) is 5.10 Å². The molecular weight excluding hydrogens is 436 g/mol. The number of nitrogens with one attached hydrogen (secondary N) is 3. The van der Waals surface area contributed by atoms with Gasteiger partial charge in [0.15, 0.2) is 0 Å². The van der Waals surface area contributed by atoms with Gasteiger partial charge in [-0.15, -0.1) is 0 Å². The first-order valence-corrected chi connectivity index (χ1v) is 11.2. The Labute approximate surface area is 203 Å². The van der Waals surface area contributed by atoms with Crippen LogP contribution in [0.15, 0.2) is 97.1 Å². The van der Waals surface area contributed by atoms with Crippen LogP contribution in [0.4, 0.5) is 17.1 Å². The highest BCUT2D eigenvalue weighted by molar-refractivity contribution is 6.04. The number of aromatic amines is 1. The smallest absolute Gasteiger partial charge is 0.255 e. The first kappa shape index (κ1) is 22.0. The number of carbonyl (C=O) groups excluding carboxylic acids is 1.